The first-order valence-corrected chi connectivity index (χ1v) is 7.89. The molecule has 1 aliphatic rings. The van der Waals surface area contributed by atoms with Crippen LogP contribution in [0.2, 0.25) is 0 Å². The Labute approximate surface area is 122 Å². The summed E-state index contributed by atoms with van der Waals surface area (Å²) in [6.45, 7) is 4.39. The van der Waals surface area contributed by atoms with Gasteiger partial charge in [0.2, 0.25) is 0 Å². The van der Waals surface area contributed by atoms with Gasteiger partial charge in [0, 0.05) is 12.0 Å². The zero-order chi connectivity index (χ0) is 13.4. The Morgan fingerprint density at radius 3 is 2.58 bits per heavy atom. The lowest BCUT2D eigenvalue weighted by Crippen LogP contribution is -2.09. The second kappa shape index (κ2) is 5.08. The standard InChI is InChI=1S/C15H18BrN3/c1-10(2)19-14(9-16)17-18-15(19)13-8-12(13)11-6-4-3-5-7-11/h3-7,10,12-13H,8-9H2,1-2H3. The Hall–Kier alpha value is -1.16. The molecule has 1 fully saturated rings. The third kappa shape index (κ3) is 2.34. The van der Waals surface area contributed by atoms with Crippen molar-refractivity contribution in [2.75, 3.05) is 0 Å². The van der Waals surface area contributed by atoms with Crippen molar-refractivity contribution in [3.05, 3.63) is 47.5 Å². The largest absolute Gasteiger partial charge is 0.311 e. The molecule has 0 aliphatic heterocycles. The van der Waals surface area contributed by atoms with E-state index in [1.54, 1.807) is 0 Å². The fraction of sp³-hybridized carbons (Fsp3) is 0.467. The van der Waals surface area contributed by atoms with E-state index in [-0.39, 0.29) is 0 Å². The second-order valence-electron chi connectivity index (χ2n) is 5.43. The van der Waals surface area contributed by atoms with Crippen molar-refractivity contribution >= 4 is 15.9 Å². The van der Waals surface area contributed by atoms with Crippen LogP contribution in [0.15, 0.2) is 30.3 Å². The molecule has 100 valence electrons. The van der Waals surface area contributed by atoms with Gasteiger partial charge < -0.3 is 4.57 Å². The number of hydrogen-bond donors (Lipinski definition) is 0. The Morgan fingerprint density at radius 1 is 1.21 bits per heavy atom. The maximum atomic E-state index is 4.43. The molecule has 2 aromatic rings. The van der Waals surface area contributed by atoms with Gasteiger partial charge in [-0.3, -0.25) is 0 Å². The molecule has 3 nitrogen and oxygen atoms in total. The molecular formula is C15H18BrN3. The lowest BCUT2D eigenvalue weighted by molar-refractivity contribution is 0.552. The molecule has 0 spiro atoms. The molecule has 1 aliphatic carbocycles. The summed E-state index contributed by atoms with van der Waals surface area (Å²) in [6, 6.07) is 11.1. The molecule has 0 amide bonds. The Bertz CT molecular complexity index is 562. The Balaban J connectivity index is 1.88. The van der Waals surface area contributed by atoms with Crippen LogP contribution < -0.4 is 0 Å². The van der Waals surface area contributed by atoms with E-state index in [1.165, 1.54) is 12.0 Å². The third-order valence-corrected chi connectivity index (χ3v) is 4.28. The van der Waals surface area contributed by atoms with Gasteiger partial charge in [0.05, 0.1) is 5.33 Å². The normalized spacial score (nSPS) is 21.9. The molecule has 0 saturated heterocycles. The first-order chi connectivity index (χ1) is 9.22. The van der Waals surface area contributed by atoms with E-state index in [1.807, 2.05) is 0 Å². The smallest absolute Gasteiger partial charge is 0.143 e. The lowest BCUT2D eigenvalue weighted by Gasteiger charge is -2.13. The van der Waals surface area contributed by atoms with Crippen LogP contribution in [0.4, 0.5) is 0 Å². The average molecular weight is 320 g/mol. The van der Waals surface area contributed by atoms with Gasteiger partial charge >= 0.3 is 0 Å². The van der Waals surface area contributed by atoms with Crippen molar-refractivity contribution in [2.45, 2.75) is 43.5 Å². The minimum absolute atomic E-state index is 0.412. The van der Waals surface area contributed by atoms with Crippen LogP contribution >= 0.6 is 15.9 Å². The van der Waals surface area contributed by atoms with Gasteiger partial charge in [-0.15, -0.1) is 10.2 Å². The predicted molar refractivity (Wildman–Crippen MR) is 79.6 cm³/mol. The molecular weight excluding hydrogens is 302 g/mol. The molecule has 2 atom stereocenters. The van der Waals surface area contributed by atoms with Crippen LogP contribution in [0, 0.1) is 0 Å². The second-order valence-corrected chi connectivity index (χ2v) is 5.99. The zero-order valence-electron chi connectivity index (χ0n) is 11.3. The zero-order valence-corrected chi connectivity index (χ0v) is 12.8. The van der Waals surface area contributed by atoms with Crippen molar-refractivity contribution in [3.63, 3.8) is 0 Å². The van der Waals surface area contributed by atoms with Crippen LogP contribution in [0.3, 0.4) is 0 Å². The average Bonchev–Trinajstić information content (AvgIpc) is 3.10. The lowest BCUT2D eigenvalue weighted by atomic mass is 10.1. The molecule has 3 rings (SSSR count). The maximum absolute atomic E-state index is 4.43. The van der Waals surface area contributed by atoms with E-state index >= 15 is 0 Å². The highest BCUT2D eigenvalue weighted by molar-refractivity contribution is 9.08. The van der Waals surface area contributed by atoms with E-state index < -0.39 is 0 Å². The van der Waals surface area contributed by atoms with Gasteiger partial charge in [-0.1, -0.05) is 46.3 Å². The molecule has 4 heteroatoms. The molecule has 0 radical (unpaired) electrons. The fourth-order valence-electron chi connectivity index (χ4n) is 2.79. The van der Waals surface area contributed by atoms with Crippen LogP contribution in [0.1, 0.15) is 55.4 Å². The third-order valence-electron chi connectivity index (χ3n) is 3.78. The van der Waals surface area contributed by atoms with Crippen molar-refractivity contribution in [1.82, 2.24) is 14.8 Å². The minimum Gasteiger partial charge on any atom is -0.311 e. The topological polar surface area (TPSA) is 30.7 Å². The van der Waals surface area contributed by atoms with Crippen LogP contribution in [-0.2, 0) is 5.33 Å². The summed E-state index contributed by atoms with van der Waals surface area (Å²) in [6.07, 6.45) is 1.19. The fourth-order valence-corrected chi connectivity index (χ4v) is 3.18. The first kappa shape index (κ1) is 12.9. The summed E-state index contributed by atoms with van der Waals surface area (Å²) >= 11 is 3.50. The quantitative estimate of drug-likeness (QED) is 0.797. The number of halogens is 1. The molecule has 19 heavy (non-hydrogen) atoms. The monoisotopic (exact) mass is 319 g/mol. The molecule has 1 heterocycles. The minimum atomic E-state index is 0.412. The summed E-state index contributed by atoms with van der Waals surface area (Å²) in [5.74, 6) is 3.33. The van der Waals surface area contributed by atoms with E-state index in [9.17, 15) is 0 Å². The highest BCUT2D eigenvalue weighted by Crippen LogP contribution is 2.54. The number of benzene rings is 1. The highest BCUT2D eigenvalue weighted by atomic mass is 79.9. The Kier molecular flexibility index (Phi) is 3.44. The summed E-state index contributed by atoms with van der Waals surface area (Å²) in [5, 5.41) is 9.51. The van der Waals surface area contributed by atoms with E-state index in [2.05, 4.69) is 74.9 Å². The van der Waals surface area contributed by atoms with E-state index in [0.29, 0.717) is 17.9 Å². The summed E-state index contributed by atoms with van der Waals surface area (Å²) in [7, 11) is 0. The van der Waals surface area contributed by atoms with Crippen molar-refractivity contribution in [3.8, 4) is 0 Å². The summed E-state index contributed by atoms with van der Waals surface area (Å²) in [5.41, 5.74) is 1.42. The van der Waals surface area contributed by atoms with Gasteiger partial charge in [-0.25, -0.2) is 0 Å². The van der Waals surface area contributed by atoms with Gasteiger partial charge in [0.15, 0.2) is 0 Å². The van der Waals surface area contributed by atoms with E-state index in [0.717, 1.165) is 17.0 Å². The number of nitrogens with zero attached hydrogens (tertiary/aromatic N) is 3. The highest BCUT2D eigenvalue weighted by Gasteiger charge is 2.43. The predicted octanol–water partition coefficient (Wildman–Crippen LogP) is 4.03. The molecule has 2 unspecified atom stereocenters. The maximum Gasteiger partial charge on any atom is 0.143 e. The van der Waals surface area contributed by atoms with Crippen molar-refractivity contribution in [1.29, 1.82) is 0 Å². The molecule has 0 bridgehead atoms. The van der Waals surface area contributed by atoms with Crippen LogP contribution in [0.25, 0.3) is 0 Å². The number of aromatic nitrogens is 3. The number of alkyl halides is 1. The summed E-state index contributed by atoms with van der Waals surface area (Å²) in [4.78, 5) is 0. The summed E-state index contributed by atoms with van der Waals surface area (Å²) < 4.78 is 2.28. The van der Waals surface area contributed by atoms with Crippen LogP contribution in [0.5, 0.6) is 0 Å². The SMILES string of the molecule is CC(C)n1c(CBr)nnc1C1CC1c1ccccc1. The first-order valence-electron chi connectivity index (χ1n) is 6.77. The van der Waals surface area contributed by atoms with Crippen LogP contribution in [-0.4, -0.2) is 14.8 Å². The number of rotatable bonds is 4. The molecule has 1 aromatic heterocycles. The van der Waals surface area contributed by atoms with Gasteiger partial charge in [0.25, 0.3) is 0 Å². The number of hydrogen-bond acceptors (Lipinski definition) is 2. The van der Waals surface area contributed by atoms with Gasteiger partial charge in [-0.05, 0) is 31.7 Å². The molecule has 1 saturated carbocycles. The molecule has 0 N–H and O–H groups in total. The van der Waals surface area contributed by atoms with Gasteiger partial charge in [-0.2, -0.15) is 0 Å². The van der Waals surface area contributed by atoms with E-state index in [4.69, 9.17) is 0 Å². The van der Waals surface area contributed by atoms with Crippen molar-refractivity contribution in [2.24, 2.45) is 0 Å². The van der Waals surface area contributed by atoms with Crippen molar-refractivity contribution < 1.29 is 0 Å². The Morgan fingerprint density at radius 2 is 1.95 bits per heavy atom. The molecule has 1 aromatic carbocycles. The van der Waals surface area contributed by atoms with Gasteiger partial charge in [0.1, 0.15) is 11.6 Å².